The molecule has 18 heavy (non-hydrogen) atoms. The summed E-state index contributed by atoms with van der Waals surface area (Å²) >= 11 is 1.76. The quantitative estimate of drug-likeness (QED) is 0.511. The average Bonchev–Trinajstić information content (AvgIpc) is 2.38. The zero-order valence-corrected chi connectivity index (χ0v) is 12.5. The second-order valence-electron chi connectivity index (χ2n) is 4.98. The van der Waals surface area contributed by atoms with Gasteiger partial charge in [0.2, 0.25) is 0 Å². The molecule has 1 aromatic carbocycles. The van der Waals surface area contributed by atoms with E-state index in [1.54, 1.807) is 11.8 Å². The Labute approximate surface area is 116 Å². The number of aryl methyl sites for hydroxylation is 1. The number of thioether (sulfide) groups is 1. The molecular formula is C16H26OS. The smallest absolute Gasteiger partial charge is 0.0634 e. The Kier molecular flexibility index (Phi) is 8.19. The molecular weight excluding hydrogens is 240 g/mol. The molecule has 0 amide bonds. The molecule has 1 aromatic rings. The molecule has 0 bridgehead atoms. The second kappa shape index (κ2) is 9.46. The van der Waals surface area contributed by atoms with Crippen molar-refractivity contribution in [1.82, 2.24) is 0 Å². The summed E-state index contributed by atoms with van der Waals surface area (Å²) in [5.41, 5.74) is 1.29. The van der Waals surface area contributed by atoms with E-state index in [1.807, 2.05) is 0 Å². The van der Waals surface area contributed by atoms with Crippen molar-refractivity contribution in [3.63, 3.8) is 0 Å². The van der Waals surface area contributed by atoms with Crippen molar-refractivity contribution in [2.45, 2.75) is 63.4 Å². The number of hydrogen-bond acceptors (Lipinski definition) is 2. The molecule has 102 valence electrons. The summed E-state index contributed by atoms with van der Waals surface area (Å²) in [6, 6.07) is 8.51. The number of aliphatic hydroxyl groups is 1. The zero-order chi connectivity index (χ0) is 13.2. The van der Waals surface area contributed by atoms with E-state index in [9.17, 15) is 5.11 Å². The van der Waals surface area contributed by atoms with E-state index < -0.39 is 0 Å². The Balaban J connectivity index is 2.09. The van der Waals surface area contributed by atoms with E-state index in [-0.39, 0.29) is 6.10 Å². The average molecular weight is 266 g/mol. The molecule has 0 aliphatic heterocycles. The Morgan fingerprint density at radius 3 is 2.39 bits per heavy atom. The zero-order valence-electron chi connectivity index (χ0n) is 11.7. The van der Waals surface area contributed by atoms with Crippen LogP contribution in [0.5, 0.6) is 0 Å². The molecule has 1 unspecified atom stereocenters. The van der Waals surface area contributed by atoms with Crippen molar-refractivity contribution in [3.8, 4) is 0 Å². The molecule has 1 atom stereocenters. The van der Waals surface area contributed by atoms with E-state index in [1.165, 1.54) is 36.1 Å². The van der Waals surface area contributed by atoms with Gasteiger partial charge in [-0.25, -0.2) is 0 Å². The van der Waals surface area contributed by atoms with E-state index >= 15 is 0 Å². The first-order valence-electron chi connectivity index (χ1n) is 7.10. The van der Waals surface area contributed by atoms with Crippen LogP contribution in [0.2, 0.25) is 0 Å². The van der Waals surface area contributed by atoms with Gasteiger partial charge in [-0.15, -0.1) is 11.8 Å². The molecule has 0 spiro atoms. The van der Waals surface area contributed by atoms with Crippen LogP contribution in [0.1, 0.15) is 51.0 Å². The van der Waals surface area contributed by atoms with Crippen molar-refractivity contribution < 1.29 is 5.11 Å². The second-order valence-corrected chi connectivity index (χ2v) is 6.07. The highest BCUT2D eigenvalue weighted by Crippen LogP contribution is 2.20. The standard InChI is InChI=1S/C16H26OS/c1-3-4-5-6-7-8-15(17)13-18-16-11-9-14(2)10-12-16/h9-12,15,17H,3-8,13H2,1-2H3. The van der Waals surface area contributed by atoms with Crippen LogP contribution in [0.15, 0.2) is 29.2 Å². The molecule has 1 rings (SSSR count). The van der Waals surface area contributed by atoms with Crippen LogP contribution in [0.4, 0.5) is 0 Å². The van der Waals surface area contributed by atoms with Gasteiger partial charge in [-0.1, -0.05) is 56.7 Å². The molecule has 0 fully saturated rings. The van der Waals surface area contributed by atoms with Crippen LogP contribution in [0, 0.1) is 6.92 Å². The van der Waals surface area contributed by atoms with Gasteiger partial charge in [-0.2, -0.15) is 0 Å². The molecule has 0 heterocycles. The Bertz CT molecular complexity index is 307. The minimum Gasteiger partial charge on any atom is -0.392 e. The maximum Gasteiger partial charge on any atom is 0.0634 e. The number of unbranched alkanes of at least 4 members (excludes halogenated alkanes) is 4. The summed E-state index contributed by atoms with van der Waals surface area (Å²) in [5, 5.41) is 9.90. The van der Waals surface area contributed by atoms with E-state index in [4.69, 9.17) is 0 Å². The van der Waals surface area contributed by atoms with Crippen molar-refractivity contribution in [2.75, 3.05) is 5.75 Å². The Morgan fingerprint density at radius 2 is 1.72 bits per heavy atom. The van der Waals surface area contributed by atoms with Gasteiger partial charge in [-0.05, 0) is 25.5 Å². The minimum atomic E-state index is -0.155. The lowest BCUT2D eigenvalue weighted by Gasteiger charge is -2.10. The van der Waals surface area contributed by atoms with Gasteiger partial charge in [0, 0.05) is 10.6 Å². The molecule has 0 saturated heterocycles. The predicted molar refractivity (Wildman–Crippen MR) is 81.3 cm³/mol. The summed E-state index contributed by atoms with van der Waals surface area (Å²) in [5.74, 6) is 0.816. The fraction of sp³-hybridized carbons (Fsp3) is 0.625. The van der Waals surface area contributed by atoms with Gasteiger partial charge in [0.05, 0.1) is 6.10 Å². The monoisotopic (exact) mass is 266 g/mol. The van der Waals surface area contributed by atoms with Gasteiger partial charge in [0.15, 0.2) is 0 Å². The minimum absolute atomic E-state index is 0.155. The summed E-state index contributed by atoms with van der Waals surface area (Å²) in [6.07, 6.45) is 7.14. The maximum absolute atomic E-state index is 9.90. The van der Waals surface area contributed by atoms with Crippen LogP contribution in [-0.4, -0.2) is 17.0 Å². The van der Waals surface area contributed by atoms with E-state index in [0.717, 1.165) is 18.6 Å². The SMILES string of the molecule is CCCCCCCC(O)CSc1ccc(C)cc1. The molecule has 1 N–H and O–H groups in total. The Hall–Kier alpha value is -0.470. The highest BCUT2D eigenvalue weighted by atomic mass is 32.2. The predicted octanol–water partition coefficient (Wildman–Crippen LogP) is 4.81. The van der Waals surface area contributed by atoms with E-state index in [2.05, 4.69) is 38.1 Å². The molecule has 0 aromatic heterocycles. The summed E-state index contributed by atoms with van der Waals surface area (Å²) in [6.45, 7) is 4.33. The molecule has 0 aliphatic rings. The van der Waals surface area contributed by atoms with Crippen molar-refractivity contribution in [3.05, 3.63) is 29.8 Å². The third-order valence-electron chi connectivity index (χ3n) is 3.10. The summed E-state index contributed by atoms with van der Waals surface area (Å²) in [4.78, 5) is 1.26. The lowest BCUT2D eigenvalue weighted by molar-refractivity contribution is 0.185. The van der Waals surface area contributed by atoms with Gasteiger partial charge < -0.3 is 5.11 Å². The lowest BCUT2D eigenvalue weighted by Crippen LogP contribution is -2.09. The number of benzene rings is 1. The summed E-state index contributed by atoms with van der Waals surface area (Å²) < 4.78 is 0. The molecule has 0 aliphatic carbocycles. The molecule has 2 heteroatoms. The first kappa shape index (κ1) is 15.6. The van der Waals surface area contributed by atoms with Crippen LogP contribution in [-0.2, 0) is 0 Å². The summed E-state index contributed by atoms with van der Waals surface area (Å²) in [7, 11) is 0. The Morgan fingerprint density at radius 1 is 1.06 bits per heavy atom. The third kappa shape index (κ3) is 7.07. The maximum atomic E-state index is 9.90. The first-order valence-corrected chi connectivity index (χ1v) is 8.08. The number of rotatable bonds is 9. The van der Waals surface area contributed by atoms with E-state index in [0.29, 0.717) is 0 Å². The van der Waals surface area contributed by atoms with Crippen LogP contribution >= 0.6 is 11.8 Å². The fourth-order valence-corrected chi connectivity index (χ4v) is 2.77. The fourth-order valence-electron chi connectivity index (χ4n) is 1.89. The first-order chi connectivity index (χ1) is 8.72. The molecule has 0 radical (unpaired) electrons. The van der Waals surface area contributed by atoms with Crippen LogP contribution < -0.4 is 0 Å². The third-order valence-corrected chi connectivity index (χ3v) is 4.26. The topological polar surface area (TPSA) is 20.2 Å². The molecule has 0 saturated carbocycles. The highest BCUT2D eigenvalue weighted by Gasteiger charge is 2.04. The van der Waals surface area contributed by atoms with Crippen molar-refractivity contribution in [2.24, 2.45) is 0 Å². The van der Waals surface area contributed by atoms with Crippen LogP contribution in [0.3, 0.4) is 0 Å². The highest BCUT2D eigenvalue weighted by molar-refractivity contribution is 7.99. The number of aliphatic hydroxyl groups excluding tert-OH is 1. The largest absolute Gasteiger partial charge is 0.392 e. The van der Waals surface area contributed by atoms with Gasteiger partial charge in [0.25, 0.3) is 0 Å². The molecule has 1 nitrogen and oxygen atoms in total. The normalized spacial score (nSPS) is 12.6. The number of hydrogen-bond donors (Lipinski definition) is 1. The lowest BCUT2D eigenvalue weighted by atomic mass is 10.1. The van der Waals surface area contributed by atoms with Crippen molar-refractivity contribution in [1.29, 1.82) is 0 Å². The van der Waals surface area contributed by atoms with Gasteiger partial charge in [-0.3, -0.25) is 0 Å². The van der Waals surface area contributed by atoms with Crippen LogP contribution in [0.25, 0.3) is 0 Å². The van der Waals surface area contributed by atoms with Gasteiger partial charge >= 0.3 is 0 Å². The van der Waals surface area contributed by atoms with Gasteiger partial charge in [0.1, 0.15) is 0 Å². The van der Waals surface area contributed by atoms with Crippen molar-refractivity contribution >= 4 is 11.8 Å².